The first kappa shape index (κ1) is 12.8. The zero-order valence-electron chi connectivity index (χ0n) is 12.2. The number of nitrogens with one attached hydrogen (secondary N) is 1. The number of fused-ring (bicyclic) bond motifs is 1. The summed E-state index contributed by atoms with van der Waals surface area (Å²) >= 11 is 0. The molecule has 0 amide bonds. The van der Waals surface area contributed by atoms with Crippen molar-refractivity contribution in [3.63, 3.8) is 0 Å². The molecule has 3 nitrogen and oxygen atoms in total. The van der Waals surface area contributed by atoms with Gasteiger partial charge in [-0.05, 0) is 44.4 Å². The van der Waals surface area contributed by atoms with E-state index >= 15 is 0 Å². The molecule has 0 atom stereocenters. The fourth-order valence-electron chi connectivity index (χ4n) is 3.14. The van der Waals surface area contributed by atoms with Crippen molar-refractivity contribution in [1.82, 2.24) is 4.90 Å². The van der Waals surface area contributed by atoms with Crippen LogP contribution in [-0.4, -0.2) is 43.7 Å². The SMILES string of the molecule is CC(C)N1CCN(c2ccc3c(c2)NCCC3)CC1. The maximum absolute atomic E-state index is 3.53. The second-order valence-corrected chi connectivity index (χ2v) is 5.99. The van der Waals surface area contributed by atoms with Crippen LogP contribution in [0, 0.1) is 0 Å². The maximum atomic E-state index is 3.53. The van der Waals surface area contributed by atoms with Crippen LogP contribution in [0.25, 0.3) is 0 Å². The minimum absolute atomic E-state index is 0.673. The molecular formula is C16H25N3. The van der Waals surface area contributed by atoms with Crippen LogP contribution in [0.3, 0.4) is 0 Å². The fourth-order valence-corrected chi connectivity index (χ4v) is 3.14. The van der Waals surface area contributed by atoms with Gasteiger partial charge in [0.15, 0.2) is 0 Å². The zero-order chi connectivity index (χ0) is 13.2. The molecule has 1 N–H and O–H groups in total. The minimum Gasteiger partial charge on any atom is -0.385 e. The Bertz CT molecular complexity index is 434. The van der Waals surface area contributed by atoms with Crippen molar-refractivity contribution in [3.8, 4) is 0 Å². The summed E-state index contributed by atoms with van der Waals surface area (Å²) in [5.74, 6) is 0. The number of benzene rings is 1. The predicted molar refractivity (Wildman–Crippen MR) is 82.2 cm³/mol. The monoisotopic (exact) mass is 259 g/mol. The van der Waals surface area contributed by atoms with Crippen LogP contribution in [0.2, 0.25) is 0 Å². The lowest BCUT2D eigenvalue weighted by Crippen LogP contribution is -2.48. The van der Waals surface area contributed by atoms with Crippen LogP contribution < -0.4 is 10.2 Å². The van der Waals surface area contributed by atoms with Gasteiger partial charge in [-0.1, -0.05) is 6.07 Å². The molecule has 0 bridgehead atoms. The lowest BCUT2D eigenvalue weighted by atomic mass is 10.0. The molecule has 104 valence electrons. The van der Waals surface area contributed by atoms with E-state index in [1.54, 1.807) is 0 Å². The van der Waals surface area contributed by atoms with Gasteiger partial charge in [0, 0.05) is 50.1 Å². The molecule has 2 heterocycles. The van der Waals surface area contributed by atoms with Crippen LogP contribution in [-0.2, 0) is 6.42 Å². The minimum atomic E-state index is 0.673. The first-order chi connectivity index (χ1) is 9.24. The summed E-state index contributed by atoms with van der Waals surface area (Å²) in [5, 5.41) is 3.53. The first-order valence-electron chi connectivity index (χ1n) is 7.60. The molecule has 0 aliphatic carbocycles. The Balaban J connectivity index is 1.70. The summed E-state index contributed by atoms with van der Waals surface area (Å²) < 4.78 is 0. The van der Waals surface area contributed by atoms with Gasteiger partial charge in [0.2, 0.25) is 0 Å². The van der Waals surface area contributed by atoms with E-state index < -0.39 is 0 Å². The number of hydrogen-bond acceptors (Lipinski definition) is 3. The molecule has 0 aromatic heterocycles. The van der Waals surface area contributed by atoms with Crippen LogP contribution >= 0.6 is 0 Å². The second kappa shape index (κ2) is 5.41. The van der Waals surface area contributed by atoms with E-state index in [9.17, 15) is 0 Å². The quantitative estimate of drug-likeness (QED) is 0.880. The molecule has 0 saturated carbocycles. The summed E-state index contributed by atoms with van der Waals surface area (Å²) in [6, 6.07) is 7.63. The molecule has 1 aromatic carbocycles. The molecule has 1 saturated heterocycles. The van der Waals surface area contributed by atoms with Gasteiger partial charge < -0.3 is 10.2 Å². The van der Waals surface area contributed by atoms with E-state index in [1.807, 2.05) is 0 Å². The molecular weight excluding hydrogens is 234 g/mol. The molecule has 3 heteroatoms. The molecule has 0 radical (unpaired) electrons. The Morgan fingerprint density at radius 1 is 1.11 bits per heavy atom. The van der Waals surface area contributed by atoms with Gasteiger partial charge >= 0.3 is 0 Å². The highest BCUT2D eigenvalue weighted by Gasteiger charge is 2.19. The van der Waals surface area contributed by atoms with Crippen LogP contribution in [0.1, 0.15) is 25.8 Å². The third kappa shape index (κ3) is 2.71. The van der Waals surface area contributed by atoms with Gasteiger partial charge in [0.05, 0.1) is 0 Å². The lowest BCUT2D eigenvalue weighted by molar-refractivity contribution is 0.209. The highest BCUT2D eigenvalue weighted by molar-refractivity contribution is 5.63. The maximum Gasteiger partial charge on any atom is 0.0393 e. The molecule has 0 unspecified atom stereocenters. The summed E-state index contributed by atoms with van der Waals surface area (Å²) in [4.78, 5) is 5.09. The standard InChI is InChI=1S/C16H25N3/c1-13(2)18-8-10-19(11-9-18)15-6-5-14-4-3-7-17-16(14)12-15/h5-6,12-13,17H,3-4,7-11H2,1-2H3. The van der Waals surface area contributed by atoms with E-state index in [-0.39, 0.29) is 0 Å². The average Bonchev–Trinajstić information content (AvgIpc) is 2.47. The van der Waals surface area contributed by atoms with E-state index in [4.69, 9.17) is 0 Å². The summed E-state index contributed by atoms with van der Waals surface area (Å²) in [5.41, 5.74) is 4.22. The lowest BCUT2D eigenvalue weighted by Gasteiger charge is -2.38. The third-order valence-electron chi connectivity index (χ3n) is 4.44. The average molecular weight is 259 g/mol. The molecule has 0 spiro atoms. The van der Waals surface area contributed by atoms with Crippen molar-refractivity contribution in [2.24, 2.45) is 0 Å². The largest absolute Gasteiger partial charge is 0.385 e. The van der Waals surface area contributed by atoms with Crippen molar-refractivity contribution in [2.45, 2.75) is 32.7 Å². The van der Waals surface area contributed by atoms with Crippen molar-refractivity contribution in [1.29, 1.82) is 0 Å². The van der Waals surface area contributed by atoms with Gasteiger partial charge in [-0.25, -0.2) is 0 Å². The molecule has 1 aromatic rings. The number of nitrogens with zero attached hydrogens (tertiary/aromatic N) is 2. The van der Waals surface area contributed by atoms with Gasteiger partial charge in [-0.3, -0.25) is 4.90 Å². The third-order valence-corrected chi connectivity index (χ3v) is 4.44. The van der Waals surface area contributed by atoms with Crippen molar-refractivity contribution in [3.05, 3.63) is 23.8 Å². The van der Waals surface area contributed by atoms with Gasteiger partial charge in [-0.15, -0.1) is 0 Å². The Kier molecular flexibility index (Phi) is 3.65. The molecule has 2 aliphatic heterocycles. The molecule has 3 rings (SSSR count). The van der Waals surface area contributed by atoms with E-state index in [0.717, 1.165) is 19.6 Å². The number of hydrogen-bond donors (Lipinski definition) is 1. The Labute approximate surface area is 116 Å². The molecule has 1 fully saturated rings. The summed E-state index contributed by atoms with van der Waals surface area (Å²) in [7, 11) is 0. The predicted octanol–water partition coefficient (Wildman–Crippen LogP) is 2.58. The highest BCUT2D eigenvalue weighted by atomic mass is 15.3. The molecule has 19 heavy (non-hydrogen) atoms. The molecule has 2 aliphatic rings. The number of anilines is 2. The Morgan fingerprint density at radius 3 is 2.63 bits per heavy atom. The van der Waals surface area contributed by atoms with Crippen molar-refractivity contribution >= 4 is 11.4 Å². The number of rotatable bonds is 2. The zero-order valence-corrected chi connectivity index (χ0v) is 12.2. The summed E-state index contributed by atoms with van der Waals surface area (Å²) in [6.45, 7) is 10.4. The van der Waals surface area contributed by atoms with Crippen LogP contribution in [0.4, 0.5) is 11.4 Å². The van der Waals surface area contributed by atoms with Crippen LogP contribution in [0.5, 0.6) is 0 Å². The Morgan fingerprint density at radius 2 is 1.89 bits per heavy atom. The highest BCUT2D eigenvalue weighted by Crippen LogP contribution is 2.28. The summed E-state index contributed by atoms with van der Waals surface area (Å²) in [6.07, 6.45) is 2.49. The van der Waals surface area contributed by atoms with Gasteiger partial charge in [-0.2, -0.15) is 0 Å². The fraction of sp³-hybridized carbons (Fsp3) is 0.625. The number of piperazine rings is 1. The van der Waals surface area contributed by atoms with E-state index in [2.05, 4.69) is 47.2 Å². The van der Waals surface area contributed by atoms with Crippen molar-refractivity contribution < 1.29 is 0 Å². The van der Waals surface area contributed by atoms with E-state index in [0.29, 0.717) is 6.04 Å². The topological polar surface area (TPSA) is 18.5 Å². The first-order valence-corrected chi connectivity index (χ1v) is 7.60. The van der Waals surface area contributed by atoms with Gasteiger partial charge in [0.25, 0.3) is 0 Å². The normalized spacial score (nSPS) is 20.3. The number of aryl methyl sites for hydroxylation is 1. The van der Waals surface area contributed by atoms with Crippen LogP contribution in [0.15, 0.2) is 18.2 Å². The Hall–Kier alpha value is -1.22. The van der Waals surface area contributed by atoms with Gasteiger partial charge in [0.1, 0.15) is 0 Å². The van der Waals surface area contributed by atoms with Crippen molar-refractivity contribution in [2.75, 3.05) is 42.9 Å². The smallest absolute Gasteiger partial charge is 0.0393 e. The second-order valence-electron chi connectivity index (χ2n) is 5.99. The van der Waals surface area contributed by atoms with E-state index in [1.165, 1.54) is 42.9 Å².